The minimum absolute atomic E-state index is 0.0197. The van der Waals surface area contributed by atoms with Crippen molar-refractivity contribution in [3.05, 3.63) is 83.3 Å². The van der Waals surface area contributed by atoms with E-state index < -0.39 is 10.0 Å². The molecule has 0 spiro atoms. The summed E-state index contributed by atoms with van der Waals surface area (Å²) in [7, 11) is -3.69. The Balaban J connectivity index is 1.30. The normalized spacial score (nSPS) is 11.6. The zero-order chi connectivity index (χ0) is 24.3. The van der Waals surface area contributed by atoms with Crippen LogP contribution in [0.3, 0.4) is 0 Å². The molecule has 0 radical (unpaired) electrons. The maximum atomic E-state index is 12.7. The molecule has 9 heteroatoms. The molecule has 2 heterocycles. The van der Waals surface area contributed by atoms with Crippen molar-refractivity contribution < 1.29 is 13.2 Å². The van der Waals surface area contributed by atoms with E-state index in [1.807, 2.05) is 60.0 Å². The number of amides is 1. The second-order valence-corrected chi connectivity index (χ2v) is 9.98. The number of carbonyl (C=O) groups is 1. The predicted octanol–water partition coefficient (Wildman–Crippen LogP) is 3.33. The summed E-state index contributed by atoms with van der Waals surface area (Å²) < 4.78 is 29.8. The van der Waals surface area contributed by atoms with Gasteiger partial charge in [0, 0.05) is 25.7 Å². The van der Waals surface area contributed by atoms with Crippen molar-refractivity contribution in [1.82, 2.24) is 24.6 Å². The molecule has 2 aromatic carbocycles. The summed E-state index contributed by atoms with van der Waals surface area (Å²) in [6, 6.07) is 15.2. The van der Waals surface area contributed by atoms with Gasteiger partial charge in [0.05, 0.1) is 15.9 Å². The number of pyridine rings is 1. The van der Waals surface area contributed by atoms with Gasteiger partial charge in [0.25, 0.3) is 0 Å². The lowest BCUT2D eigenvalue weighted by Crippen LogP contribution is -2.31. The second kappa shape index (κ2) is 9.74. The fourth-order valence-electron chi connectivity index (χ4n) is 4.06. The standard InChI is InChI=1S/C25H27N5O3S/c1-17-12-18(2)25(19(3)13-17)34(32,33)29-11-10-24(31)27-15-20-8-9-23(26-14-20)30-16-28-21-6-4-5-7-22(21)30/h4-9,12-14,16,29H,10-11,15H2,1-3H3,(H,27,31). The summed E-state index contributed by atoms with van der Waals surface area (Å²) in [5.74, 6) is 0.490. The fraction of sp³-hybridized carbons (Fsp3) is 0.240. The molecule has 8 nitrogen and oxygen atoms in total. The lowest BCUT2D eigenvalue weighted by Gasteiger charge is -2.13. The molecule has 0 atom stereocenters. The van der Waals surface area contributed by atoms with E-state index in [-0.39, 0.29) is 23.8 Å². The van der Waals surface area contributed by atoms with E-state index in [0.717, 1.165) is 28.0 Å². The van der Waals surface area contributed by atoms with Gasteiger partial charge in [-0.3, -0.25) is 9.36 Å². The van der Waals surface area contributed by atoms with Gasteiger partial charge in [0.15, 0.2) is 0 Å². The van der Waals surface area contributed by atoms with Crippen molar-refractivity contribution in [3.8, 4) is 5.82 Å². The maximum absolute atomic E-state index is 12.7. The highest BCUT2D eigenvalue weighted by Gasteiger charge is 2.19. The fourth-order valence-corrected chi connectivity index (χ4v) is 5.54. The quantitative estimate of drug-likeness (QED) is 0.405. The van der Waals surface area contributed by atoms with Crippen molar-refractivity contribution in [2.45, 2.75) is 38.6 Å². The summed E-state index contributed by atoms with van der Waals surface area (Å²) in [6.07, 6.45) is 3.47. The minimum Gasteiger partial charge on any atom is -0.352 e. The number of carbonyl (C=O) groups excluding carboxylic acids is 1. The summed E-state index contributed by atoms with van der Waals surface area (Å²) in [6.45, 7) is 5.80. The number of hydrogen-bond donors (Lipinski definition) is 2. The first-order chi connectivity index (χ1) is 16.2. The number of aromatic nitrogens is 3. The van der Waals surface area contributed by atoms with E-state index in [9.17, 15) is 13.2 Å². The Morgan fingerprint density at radius 2 is 1.74 bits per heavy atom. The summed E-state index contributed by atoms with van der Waals surface area (Å²) in [4.78, 5) is 21.4. The first-order valence-corrected chi connectivity index (χ1v) is 12.4. The van der Waals surface area contributed by atoms with Gasteiger partial charge in [-0.2, -0.15) is 0 Å². The van der Waals surface area contributed by atoms with Gasteiger partial charge in [-0.15, -0.1) is 0 Å². The van der Waals surface area contributed by atoms with Gasteiger partial charge in [-0.25, -0.2) is 23.1 Å². The van der Waals surface area contributed by atoms with Crippen molar-refractivity contribution in [2.75, 3.05) is 6.54 Å². The van der Waals surface area contributed by atoms with Gasteiger partial charge in [-0.05, 0) is 55.7 Å². The monoisotopic (exact) mass is 477 g/mol. The van der Waals surface area contributed by atoms with Gasteiger partial charge >= 0.3 is 0 Å². The molecule has 0 saturated heterocycles. The Morgan fingerprint density at radius 1 is 1.00 bits per heavy atom. The Hall–Kier alpha value is -3.56. The molecule has 0 fully saturated rings. The first-order valence-electron chi connectivity index (χ1n) is 11.0. The Kier molecular flexibility index (Phi) is 6.76. The van der Waals surface area contributed by atoms with E-state index in [1.165, 1.54) is 0 Å². The van der Waals surface area contributed by atoms with Crippen LogP contribution in [-0.2, 0) is 21.4 Å². The molecule has 2 N–H and O–H groups in total. The van der Waals surface area contributed by atoms with Crippen LogP contribution in [0, 0.1) is 20.8 Å². The molecule has 2 aromatic heterocycles. The number of nitrogens with one attached hydrogen (secondary N) is 2. The molecule has 176 valence electrons. The van der Waals surface area contributed by atoms with E-state index >= 15 is 0 Å². The van der Waals surface area contributed by atoms with Crippen molar-refractivity contribution in [1.29, 1.82) is 0 Å². The average Bonchev–Trinajstić information content (AvgIpc) is 3.21. The van der Waals surface area contributed by atoms with Crippen molar-refractivity contribution in [2.24, 2.45) is 0 Å². The highest BCUT2D eigenvalue weighted by molar-refractivity contribution is 7.89. The van der Waals surface area contributed by atoms with Crippen LogP contribution in [0.15, 0.2) is 66.0 Å². The number of fused-ring (bicyclic) bond motifs is 1. The van der Waals surface area contributed by atoms with Crippen LogP contribution in [0.25, 0.3) is 16.9 Å². The third-order valence-electron chi connectivity index (χ3n) is 5.52. The van der Waals surface area contributed by atoms with Crippen molar-refractivity contribution in [3.63, 3.8) is 0 Å². The molecule has 0 unspecified atom stereocenters. The van der Waals surface area contributed by atoms with E-state index in [4.69, 9.17) is 0 Å². The number of rotatable bonds is 8. The van der Waals surface area contributed by atoms with Gasteiger partial charge in [0.1, 0.15) is 12.1 Å². The number of benzene rings is 2. The number of sulfonamides is 1. The number of para-hydroxylation sites is 2. The molecule has 1 amide bonds. The SMILES string of the molecule is Cc1cc(C)c(S(=O)(=O)NCCC(=O)NCc2ccc(-n3cnc4ccccc43)nc2)c(C)c1. The number of imidazole rings is 1. The van der Waals surface area contributed by atoms with Crippen LogP contribution < -0.4 is 10.0 Å². The summed E-state index contributed by atoms with van der Waals surface area (Å²) in [5, 5.41) is 2.81. The molecule has 4 rings (SSSR count). The third-order valence-corrected chi connectivity index (χ3v) is 7.28. The van der Waals surface area contributed by atoms with Crippen LogP contribution in [0.1, 0.15) is 28.7 Å². The van der Waals surface area contributed by atoms with Crippen molar-refractivity contribution >= 4 is 27.0 Å². The van der Waals surface area contributed by atoms with Crippen LogP contribution in [0.2, 0.25) is 0 Å². The van der Waals surface area contributed by atoms with Gasteiger partial charge in [0.2, 0.25) is 15.9 Å². The zero-order valence-electron chi connectivity index (χ0n) is 19.4. The molecule has 0 saturated carbocycles. The van der Waals surface area contributed by atoms with E-state index in [2.05, 4.69) is 20.0 Å². The van der Waals surface area contributed by atoms with E-state index in [1.54, 1.807) is 26.4 Å². The Bertz CT molecular complexity index is 1420. The minimum atomic E-state index is -3.69. The smallest absolute Gasteiger partial charge is 0.241 e. The topological polar surface area (TPSA) is 106 Å². The molecular weight excluding hydrogens is 450 g/mol. The summed E-state index contributed by atoms with van der Waals surface area (Å²) in [5.41, 5.74) is 5.09. The van der Waals surface area contributed by atoms with Crippen LogP contribution in [0.5, 0.6) is 0 Å². The summed E-state index contributed by atoms with van der Waals surface area (Å²) >= 11 is 0. The molecule has 0 bridgehead atoms. The van der Waals surface area contributed by atoms with Crippen LogP contribution in [0.4, 0.5) is 0 Å². The highest BCUT2D eigenvalue weighted by Crippen LogP contribution is 2.21. The Labute approximate surface area is 199 Å². The zero-order valence-corrected chi connectivity index (χ0v) is 20.2. The predicted molar refractivity (Wildman–Crippen MR) is 131 cm³/mol. The highest BCUT2D eigenvalue weighted by atomic mass is 32.2. The third kappa shape index (κ3) is 5.16. The van der Waals surface area contributed by atoms with Crippen LogP contribution >= 0.6 is 0 Å². The van der Waals surface area contributed by atoms with Crippen LogP contribution in [-0.4, -0.2) is 35.4 Å². The van der Waals surface area contributed by atoms with Gasteiger partial charge in [-0.1, -0.05) is 35.9 Å². The number of aryl methyl sites for hydroxylation is 3. The number of nitrogens with zero attached hydrogens (tertiary/aromatic N) is 3. The molecule has 0 aliphatic rings. The molecule has 0 aliphatic carbocycles. The average molecular weight is 478 g/mol. The van der Waals surface area contributed by atoms with E-state index in [0.29, 0.717) is 17.7 Å². The molecular formula is C25H27N5O3S. The first kappa shape index (κ1) is 23.6. The maximum Gasteiger partial charge on any atom is 0.241 e. The van der Waals surface area contributed by atoms with Gasteiger partial charge < -0.3 is 5.32 Å². The molecule has 4 aromatic rings. The largest absolute Gasteiger partial charge is 0.352 e. The lowest BCUT2D eigenvalue weighted by molar-refractivity contribution is -0.121. The molecule has 0 aliphatic heterocycles. The number of hydrogen-bond acceptors (Lipinski definition) is 5. The lowest BCUT2D eigenvalue weighted by atomic mass is 10.1. The second-order valence-electron chi connectivity index (χ2n) is 8.28. The molecule has 34 heavy (non-hydrogen) atoms. The Morgan fingerprint density at radius 3 is 2.44 bits per heavy atom.